The normalized spacial score (nSPS) is 15.0. The van der Waals surface area contributed by atoms with Crippen LogP contribution in [-0.4, -0.2) is 4.57 Å². The Kier molecular flexibility index (Phi) is 6.22. The molecule has 0 bridgehead atoms. The maximum Gasteiger partial charge on any atom is 0.192 e. The third-order valence-electron chi connectivity index (χ3n) is 6.51. The van der Waals surface area contributed by atoms with Gasteiger partial charge in [0.05, 0.1) is 11.2 Å². The van der Waals surface area contributed by atoms with E-state index in [1.165, 1.54) is 23.3 Å². The molecule has 0 atom stereocenters. The molecule has 31 heavy (non-hydrogen) atoms. The average Bonchev–Trinajstić information content (AvgIpc) is 2.74. The summed E-state index contributed by atoms with van der Waals surface area (Å²) >= 11 is 0. The lowest BCUT2D eigenvalue weighted by molar-refractivity contribution is 0.352. The highest BCUT2D eigenvalue weighted by atomic mass is 19.1. The Morgan fingerprint density at radius 2 is 1.81 bits per heavy atom. The molecule has 3 aromatic rings. The zero-order valence-corrected chi connectivity index (χ0v) is 18.1. The van der Waals surface area contributed by atoms with Crippen molar-refractivity contribution in [3.63, 3.8) is 0 Å². The van der Waals surface area contributed by atoms with Gasteiger partial charge in [-0.25, -0.2) is 13.2 Å². The molecule has 164 valence electrons. The Morgan fingerprint density at radius 1 is 1.06 bits per heavy atom. The molecule has 1 fully saturated rings. The molecule has 0 aliphatic heterocycles. The van der Waals surface area contributed by atoms with Gasteiger partial charge >= 0.3 is 0 Å². The number of halogens is 3. The maximum atomic E-state index is 16.1. The van der Waals surface area contributed by atoms with Crippen molar-refractivity contribution < 1.29 is 13.2 Å². The van der Waals surface area contributed by atoms with Gasteiger partial charge < -0.3 is 4.57 Å². The van der Waals surface area contributed by atoms with E-state index in [1.807, 2.05) is 6.92 Å². The van der Waals surface area contributed by atoms with Crippen LogP contribution in [0.2, 0.25) is 0 Å². The maximum absolute atomic E-state index is 16.1. The number of pyridine rings is 1. The highest BCUT2D eigenvalue weighted by Crippen LogP contribution is 2.33. The van der Waals surface area contributed by atoms with Gasteiger partial charge in [0.1, 0.15) is 11.6 Å². The van der Waals surface area contributed by atoms with Crippen molar-refractivity contribution in [3.05, 3.63) is 74.8 Å². The molecule has 0 spiro atoms. The van der Waals surface area contributed by atoms with E-state index in [9.17, 15) is 13.6 Å². The molecule has 0 amide bonds. The van der Waals surface area contributed by atoms with Crippen LogP contribution in [0.3, 0.4) is 0 Å². The molecular formula is C26H28F3NO. The lowest BCUT2D eigenvalue weighted by Gasteiger charge is -2.24. The molecule has 1 saturated carbocycles. The summed E-state index contributed by atoms with van der Waals surface area (Å²) in [6.07, 6.45) is 9.32. The largest absolute Gasteiger partial charge is 0.311 e. The van der Waals surface area contributed by atoms with E-state index in [-0.39, 0.29) is 22.0 Å². The smallest absolute Gasteiger partial charge is 0.192 e. The van der Waals surface area contributed by atoms with Gasteiger partial charge in [0.15, 0.2) is 11.2 Å². The van der Waals surface area contributed by atoms with Crippen LogP contribution in [0.15, 0.2) is 35.3 Å². The Bertz CT molecular complexity index is 1180. The summed E-state index contributed by atoms with van der Waals surface area (Å²) in [5.41, 5.74) is 1.74. The predicted octanol–water partition coefficient (Wildman–Crippen LogP) is 6.79. The number of hydrogen-bond donors (Lipinski definition) is 0. The number of aryl methyl sites for hydroxylation is 2. The summed E-state index contributed by atoms with van der Waals surface area (Å²) in [6, 6.07) is 5.01. The third kappa shape index (κ3) is 4.15. The highest BCUT2D eigenvalue weighted by molar-refractivity contribution is 5.84. The van der Waals surface area contributed by atoms with Crippen LogP contribution in [0.4, 0.5) is 13.2 Å². The number of aromatic nitrogens is 1. The summed E-state index contributed by atoms with van der Waals surface area (Å²) < 4.78 is 45.6. The summed E-state index contributed by atoms with van der Waals surface area (Å²) in [7, 11) is 0. The first-order valence-corrected chi connectivity index (χ1v) is 11.2. The van der Waals surface area contributed by atoms with Gasteiger partial charge in [0.2, 0.25) is 0 Å². The summed E-state index contributed by atoms with van der Waals surface area (Å²) in [5.74, 6) is -1.53. The van der Waals surface area contributed by atoms with Crippen LogP contribution in [0.5, 0.6) is 0 Å². The van der Waals surface area contributed by atoms with Crippen LogP contribution in [-0.2, 0) is 12.8 Å². The summed E-state index contributed by atoms with van der Waals surface area (Å²) in [6.45, 7) is 3.67. The molecule has 1 aliphatic rings. The molecule has 4 rings (SSSR count). The summed E-state index contributed by atoms with van der Waals surface area (Å²) in [4.78, 5) is 12.9. The van der Waals surface area contributed by atoms with E-state index in [2.05, 4.69) is 0 Å². The fraction of sp³-hybridized carbons (Fsp3) is 0.423. The second-order valence-corrected chi connectivity index (χ2v) is 8.79. The fourth-order valence-electron chi connectivity index (χ4n) is 4.93. The van der Waals surface area contributed by atoms with Gasteiger partial charge in [-0.05, 0) is 55.0 Å². The van der Waals surface area contributed by atoms with Crippen molar-refractivity contribution >= 4 is 10.9 Å². The van der Waals surface area contributed by atoms with Crippen LogP contribution in [0.1, 0.15) is 62.1 Å². The topological polar surface area (TPSA) is 22.0 Å². The SMILES string of the molecule is CCCc1cc2c(=O)c(C)cn(-c3ccc(F)cc3F)c2c(F)c1CC1CCCCC1. The first-order chi connectivity index (χ1) is 14.9. The fourth-order valence-corrected chi connectivity index (χ4v) is 4.93. The minimum absolute atomic E-state index is 0.0280. The van der Waals surface area contributed by atoms with E-state index in [0.717, 1.165) is 49.8 Å². The molecule has 2 nitrogen and oxygen atoms in total. The molecule has 0 N–H and O–H groups in total. The van der Waals surface area contributed by atoms with Crippen LogP contribution in [0.25, 0.3) is 16.6 Å². The second-order valence-electron chi connectivity index (χ2n) is 8.79. The molecular weight excluding hydrogens is 399 g/mol. The van der Waals surface area contributed by atoms with Crippen LogP contribution in [0, 0.1) is 30.3 Å². The summed E-state index contributed by atoms with van der Waals surface area (Å²) in [5, 5.41) is 0.247. The van der Waals surface area contributed by atoms with E-state index >= 15 is 4.39 Å². The Hall–Kier alpha value is -2.56. The molecule has 0 unspecified atom stereocenters. The number of hydrogen-bond acceptors (Lipinski definition) is 1. The van der Waals surface area contributed by atoms with Crippen molar-refractivity contribution in [1.82, 2.24) is 4.57 Å². The molecule has 0 radical (unpaired) electrons. The standard InChI is InChI=1S/C26H28F3NO/c1-3-7-18-13-21-25(24(29)20(18)12-17-8-5-4-6-9-17)30(15-16(2)26(21)31)23-11-10-19(27)14-22(23)28/h10-11,13-15,17H,3-9,12H2,1-2H3. The minimum atomic E-state index is -0.796. The lowest BCUT2D eigenvalue weighted by atomic mass is 9.82. The van der Waals surface area contributed by atoms with Crippen LogP contribution >= 0.6 is 0 Å². The highest BCUT2D eigenvalue weighted by Gasteiger charge is 2.23. The van der Waals surface area contributed by atoms with Gasteiger partial charge in [-0.15, -0.1) is 0 Å². The number of fused-ring (bicyclic) bond motifs is 1. The zero-order valence-electron chi connectivity index (χ0n) is 18.1. The van der Waals surface area contributed by atoms with Crippen molar-refractivity contribution in [3.8, 4) is 5.69 Å². The van der Waals surface area contributed by atoms with Gasteiger partial charge in [0, 0.05) is 23.2 Å². The zero-order chi connectivity index (χ0) is 22.1. The van der Waals surface area contributed by atoms with E-state index in [4.69, 9.17) is 0 Å². The van der Waals surface area contributed by atoms with Gasteiger partial charge in [-0.2, -0.15) is 0 Å². The van der Waals surface area contributed by atoms with Crippen molar-refractivity contribution in [2.24, 2.45) is 5.92 Å². The Balaban J connectivity index is 1.99. The predicted molar refractivity (Wildman–Crippen MR) is 118 cm³/mol. The van der Waals surface area contributed by atoms with Gasteiger partial charge in [-0.3, -0.25) is 4.79 Å². The van der Waals surface area contributed by atoms with E-state index in [0.29, 0.717) is 29.9 Å². The average molecular weight is 428 g/mol. The van der Waals surface area contributed by atoms with E-state index in [1.54, 1.807) is 13.0 Å². The van der Waals surface area contributed by atoms with Crippen molar-refractivity contribution in [2.45, 2.75) is 65.2 Å². The number of nitrogens with zero attached hydrogens (tertiary/aromatic N) is 1. The van der Waals surface area contributed by atoms with Crippen LogP contribution < -0.4 is 5.43 Å². The molecule has 5 heteroatoms. The Labute approximate surface area is 180 Å². The first kappa shape index (κ1) is 21.7. The van der Waals surface area contributed by atoms with Crippen molar-refractivity contribution in [2.75, 3.05) is 0 Å². The molecule has 2 aromatic carbocycles. The molecule has 0 saturated heterocycles. The molecule has 1 aliphatic carbocycles. The van der Waals surface area contributed by atoms with Gasteiger partial charge in [-0.1, -0.05) is 45.4 Å². The van der Waals surface area contributed by atoms with Crippen molar-refractivity contribution in [1.29, 1.82) is 0 Å². The monoisotopic (exact) mass is 427 g/mol. The third-order valence-corrected chi connectivity index (χ3v) is 6.51. The lowest BCUT2D eigenvalue weighted by Crippen LogP contribution is -2.17. The number of rotatable bonds is 5. The second kappa shape index (κ2) is 8.89. The number of benzene rings is 2. The van der Waals surface area contributed by atoms with E-state index < -0.39 is 17.5 Å². The van der Waals surface area contributed by atoms with Gasteiger partial charge in [0.25, 0.3) is 0 Å². The molecule has 1 aromatic heterocycles. The minimum Gasteiger partial charge on any atom is -0.311 e. The first-order valence-electron chi connectivity index (χ1n) is 11.2. The Morgan fingerprint density at radius 3 is 2.48 bits per heavy atom. The quantitative estimate of drug-likeness (QED) is 0.439. The molecule has 1 heterocycles.